The molecule has 0 spiro atoms. The van der Waals surface area contributed by atoms with Gasteiger partial charge in [0.15, 0.2) is 9.84 Å². The lowest BCUT2D eigenvalue weighted by Gasteiger charge is -2.20. The molecule has 0 N–H and O–H groups in total. The van der Waals surface area contributed by atoms with Crippen LogP contribution in [0.2, 0.25) is 0 Å². The van der Waals surface area contributed by atoms with Crippen LogP contribution >= 0.6 is 0 Å². The average molecular weight is 305 g/mol. The Morgan fingerprint density at radius 1 is 1.10 bits per heavy atom. The van der Waals surface area contributed by atoms with E-state index in [4.69, 9.17) is 10.5 Å². The second kappa shape index (κ2) is 7.41. The molecule has 0 fully saturated rings. The molecule has 0 unspecified atom stereocenters. The van der Waals surface area contributed by atoms with Gasteiger partial charge in [0.05, 0.1) is 29.9 Å². The molecule has 1 rings (SSSR count). The van der Waals surface area contributed by atoms with Crippen LogP contribution in [0, 0.1) is 22.7 Å². The van der Waals surface area contributed by atoms with Gasteiger partial charge in [-0.05, 0) is 24.3 Å². The molecular formula is C14H15N3O3S. The Morgan fingerprint density at radius 2 is 1.57 bits per heavy atom. The topological polar surface area (TPSA) is 102 Å². The quantitative estimate of drug-likeness (QED) is 0.789. The lowest BCUT2D eigenvalue weighted by atomic mass is 10.2. The van der Waals surface area contributed by atoms with Gasteiger partial charge in [0.25, 0.3) is 5.91 Å². The van der Waals surface area contributed by atoms with E-state index in [9.17, 15) is 13.2 Å². The van der Waals surface area contributed by atoms with E-state index in [0.717, 1.165) is 6.26 Å². The first-order chi connectivity index (χ1) is 9.90. The highest BCUT2D eigenvalue weighted by molar-refractivity contribution is 7.90. The van der Waals surface area contributed by atoms with E-state index >= 15 is 0 Å². The number of nitriles is 2. The molecule has 0 saturated carbocycles. The second-order valence-electron chi connectivity index (χ2n) is 4.40. The minimum Gasteiger partial charge on any atom is -0.337 e. The van der Waals surface area contributed by atoms with Crippen molar-refractivity contribution >= 4 is 15.7 Å². The van der Waals surface area contributed by atoms with Crippen LogP contribution in [0.5, 0.6) is 0 Å². The Morgan fingerprint density at radius 3 is 1.95 bits per heavy atom. The van der Waals surface area contributed by atoms with Crippen LogP contribution in [0.15, 0.2) is 29.2 Å². The van der Waals surface area contributed by atoms with Crippen LogP contribution in [0.1, 0.15) is 23.2 Å². The normalized spacial score (nSPS) is 10.4. The number of rotatable bonds is 6. The summed E-state index contributed by atoms with van der Waals surface area (Å²) in [6.07, 6.45) is 1.45. The number of benzene rings is 1. The molecule has 0 saturated heterocycles. The zero-order chi connectivity index (χ0) is 15.9. The molecule has 110 valence electrons. The maximum atomic E-state index is 12.3. The molecule has 7 heteroatoms. The molecule has 0 aliphatic rings. The third-order valence-corrected chi connectivity index (χ3v) is 3.93. The van der Waals surface area contributed by atoms with Crippen molar-refractivity contribution in [1.29, 1.82) is 10.5 Å². The number of hydrogen-bond donors (Lipinski definition) is 0. The van der Waals surface area contributed by atoms with Crippen molar-refractivity contribution in [2.24, 2.45) is 0 Å². The fourth-order valence-corrected chi connectivity index (χ4v) is 2.34. The van der Waals surface area contributed by atoms with Crippen LogP contribution in [0.4, 0.5) is 0 Å². The van der Waals surface area contributed by atoms with E-state index in [0.29, 0.717) is 5.56 Å². The van der Waals surface area contributed by atoms with Gasteiger partial charge in [-0.25, -0.2) is 8.42 Å². The Bertz CT molecular complexity index is 664. The number of carbonyl (C=O) groups excluding carboxylic acids is 1. The Hall–Kier alpha value is -2.38. The number of nitrogens with zero attached hydrogens (tertiary/aromatic N) is 3. The zero-order valence-electron chi connectivity index (χ0n) is 11.6. The Kier molecular flexibility index (Phi) is 5.89. The molecule has 21 heavy (non-hydrogen) atoms. The van der Waals surface area contributed by atoms with Crippen molar-refractivity contribution in [3.63, 3.8) is 0 Å². The van der Waals surface area contributed by atoms with Gasteiger partial charge in [0, 0.05) is 24.9 Å². The fraction of sp³-hybridized carbons (Fsp3) is 0.357. The average Bonchev–Trinajstić information content (AvgIpc) is 2.46. The van der Waals surface area contributed by atoms with Crippen molar-refractivity contribution < 1.29 is 13.2 Å². The summed E-state index contributed by atoms with van der Waals surface area (Å²) in [6, 6.07) is 9.52. The second-order valence-corrected chi connectivity index (χ2v) is 6.42. The number of hydrogen-bond acceptors (Lipinski definition) is 5. The summed E-state index contributed by atoms with van der Waals surface area (Å²) in [5.74, 6) is -0.319. The lowest BCUT2D eigenvalue weighted by Crippen LogP contribution is -2.32. The lowest BCUT2D eigenvalue weighted by molar-refractivity contribution is 0.0762. The third kappa shape index (κ3) is 4.90. The van der Waals surface area contributed by atoms with Crippen LogP contribution in [-0.4, -0.2) is 38.6 Å². The van der Waals surface area contributed by atoms with Gasteiger partial charge < -0.3 is 4.90 Å². The summed E-state index contributed by atoms with van der Waals surface area (Å²) < 4.78 is 22.7. The third-order valence-electron chi connectivity index (χ3n) is 2.80. The molecule has 0 aromatic heterocycles. The molecular weight excluding hydrogens is 290 g/mol. The summed E-state index contributed by atoms with van der Waals surface area (Å²) in [7, 11) is -3.30. The first kappa shape index (κ1) is 16.7. The van der Waals surface area contributed by atoms with Crippen molar-refractivity contribution in [2.45, 2.75) is 17.7 Å². The fourth-order valence-electron chi connectivity index (χ4n) is 1.71. The minimum absolute atomic E-state index is 0.139. The first-order valence-corrected chi connectivity index (χ1v) is 8.12. The van der Waals surface area contributed by atoms with Crippen LogP contribution in [0.3, 0.4) is 0 Å². The zero-order valence-corrected chi connectivity index (χ0v) is 12.4. The minimum atomic E-state index is -3.30. The summed E-state index contributed by atoms with van der Waals surface area (Å²) in [4.78, 5) is 13.8. The van der Waals surface area contributed by atoms with Gasteiger partial charge in [-0.2, -0.15) is 10.5 Å². The van der Waals surface area contributed by atoms with Crippen LogP contribution < -0.4 is 0 Å². The largest absolute Gasteiger partial charge is 0.337 e. The maximum Gasteiger partial charge on any atom is 0.253 e. The molecule has 1 amide bonds. The maximum absolute atomic E-state index is 12.3. The van der Waals surface area contributed by atoms with Gasteiger partial charge in [-0.15, -0.1) is 0 Å². The van der Waals surface area contributed by atoms with Gasteiger partial charge in [-0.3, -0.25) is 4.79 Å². The highest BCUT2D eigenvalue weighted by Gasteiger charge is 2.16. The summed E-state index contributed by atoms with van der Waals surface area (Å²) >= 11 is 0. The van der Waals surface area contributed by atoms with Gasteiger partial charge >= 0.3 is 0 Å². The first-order valence-electron chi connectivity index (χ1n) is 6.23. The van der Waals surface area contributed by atoms with Crippen molar-refractivity contribution in [2.75, 3.05) is 19.3 Å². The number of amides is 1. The highest BCUT2D eigenvalue weighted by Crippen LogP contribution is 2.12. The van der Waals surface area contributed by atoms with Crippen molar-refractivity contribution in [1.82, 2.24) is 4.90 Å². The van der Waals surface area contributed by atoms with Gasteiger partial charge in [-0.1, -0.05) is 0 Å². The molecule has 0 bridgehead atoms. The number of carbonyl (C=O) groups is 1. The van der Waals surface area contributed by atoms with Gasteiger partial charge in [0.1, 0.15) is 0 Å². The predicted octanol–water partition coefficient (Wildman–Crippen LogP) is 1.36. The summed E-state index contributed by atoms with van der Waals surface area (Å²) in [5, 5.41) is 17.2. The summed E-state index contributed by atoms with van der Waals surface area (Å²) in [5.41, 5.74) is 0.332. The summed E-state index contributed by atoms with van der Waals surface area (Å²) in [6.45, 7) is 0.482. The van der Waals surface area contributed by atoms with Crippen LogP contribution in [0.25, 0.3) is 0 Å². The van der Waals surface area contributed by atoms with Crippen molar-refractivity contribution in [3.8, 4) is 12.1 Å². The Labute approximate surface area is 124 Å². The van der Waals surface area contributed by atoms with Crippen molar-refractivity contribution in [3.05, 3.63) is 29.8 Å². The van der Waals surface area contributed by atoms with Gasteiger partial charge in [0.2, 0.25) is 0 Å². The smallest absolute Gasteiger partial charge is 0.253 e. The molecule has 1 aromatic carbocycles. The van der Waals surface area contributed by atoms with E-state index in [2.05, 4.69) is 0 Å². The Balaban J connectivity index is 2.93. The van der Waals surface area contributed by atoms with Crippen LogP contribution in [-0.2, 0) is 9.84 Å². The molecule has 0 radical (unpaired) electrons. The monoisotopic (exact) mass is 305 g/mol. The molecule has 6 nitrogen and oxygen atoms in total. The van der Waals surface area contributed by atoms with E-state index in [-0.39, 0.29) is 36.7 Å². The highest BCUT2D eigenvalue weighted by atomic mass is 32.2. The predicted molar refractivity (Wildman–Crippen MR) is 75.9 cm³/mol. The molecule has 0 aliphatic heterocycles. The van der Waals surface area contributed by atoms with E-state index in [1.807, 2.05) is 12.1 Å². The molecule has 0 heterocycles. The molecule has 1 aromatic rings. The number of sulfone groups is 1. The van der Waals surface area contributed by atoms with E-state index in [1.165, 1.54) is 29.2 Å². The molecule has 0 atom stereocenters. The standard InChI is InChI=1S/C14H15N3O3S/c1-21(19,20)13-6-4-12(5-7-13)14(18)17(10-2-8-15)11-3-9-16/h4-7H,2-3,10-11H2,1H3. The SMILES string of the molecule is CS(=O)(=O)c1ccc(C(=O)N(CCC#N)CCC#N)cc1. The van der Waals surface area contributed by atoms with E-state index < -0.39 is 9.84 Å². The molecule has 0 aliphatic carbocycles. The van der Waals surface area contributed by atoms with E-state index in [1.54, 1.807) is 0 Å².